The minimum Gasteiger partial charge on any atom is -0.444 e. The van der Waals surface area contributed by atoms with Gasteiger partial charge in [0.15, 0.2) is 0 Å². The highest BCUT2D eigenvalue weighted by Gasteiger charge is 2.47. The zero-order valence-electron chi connectivity index (χ0n) is 30.8. The second kappa shape index (κ2) is 18.8. The Balaban J connectivity index is 0.000000145. The molecule has 4 unspecified atom stereocenters. The number of hydrogen-bond acceptors (Lipinski definition) is 11. The molecule has 1 saturated carbocycles. The van der Waals surface area contributed by atoms with Crippen molar-refractivity contribution in [3.63, 3.8) is 0 Å². The van der Waals surface area contributed by atoms with E-state index in [4.69, 9.17) is 37.4 Å². The van der Waals surface area contributed by atoms with Gasteiger partial charge in [0.1, 0.15) is 5.60 Å². The maximum Gasteiger partial charge on any atom is 0.410 e. The van der Waals surface area contributed by atoms with Crippen LogP contribution in [-0.4, -0.2) is 141 Å². The molecule has 15 heteroatoms. The first-order chi connectivity index (χ1) is 25.1. The summed E-state index contributed by atoms with van der Waals surface area (Å²) in [6.45, 7) is 17.0. The van der Waals surface area contributed by atoms with Gasteiger partial charge in [-0.05, 0) is 99.9 Å². The largest absolute Gasteiger partial charge is 0.444 e. The van der Waals surface area contributed by atoms with Crippen LogP contribution in [0.4, 0.5) is 4.79 Å². The molecule has 4 atom stereocenters. The fourth-order valence-electron chi connectivity index (χ4n) is 8.98. The van der Waals surface area contributed by atoms with Crippen LogP contribution < -0.4 is 0 Å². The van der Waals surface area contributed by atoms with E-state index >= 15 is 0 Å². The molecule has 6 aliphatic rings. The van der Waals surface area contributed by atoms with Crippen LogP contribution >= 0.6 is 39.1 Å². The summed E-state index contributed by atoms with van der Waals surface area (Å²) in [6, 6.07) is 2.13. The molecule has 52 heavy (non-hydrogen) atoms. The van der Waals surface area contributed by atoms with Crippen molar-refractivity contribution >= 4 is 45.2 Å². The zero-order valence-corrected chi connectivity index (χ0v) is 33.9. The molecule has 0 radical (unpaired) electrons. The molecule has 6 fully saturated rings. The highest BCUT2D eigenvalue weighted by atomic mass is 79.9. The number of halogens is 3. The number of carbonyl (C=O) groups excluding carboxylic acids is 1. The lowest BCUT2D eigenvalue weighted by Crippen LogP contribution is -2.55. The molecule has 1 aliphatic carbocycles. The van der Waals surface area contributed by atoms with Crippen LogP contribution in [0, 0.1) is 11.8 Å². The topological polar surface area (TPSA) is 109 Å². The zero-order chi connectivity index (χ0) is 36.7. The number of fused-ring (bicyclic) bond motifs is 4. The predicted molar refractivity (Wildman–Crippen MR) is 205 cm³/mol. The van der Waals surface area contributed by atoms with Crippen LogP contribution in [-0.2, 0) is 26.1 Å². The number of aromatic nitrogens is 4. The monoisotopic (exact) mass is 824 g/mol. The van der Waals surface area contributed by atoms with Gasteiger partial charge in [-0.1, -0.05) is 15.9 Å². The number of piperidine rings is 2. The molecule has 2 aromatic heterocycles. The van der Waals surface area contributed by atoms with Crippen molar-refractivity contribution in [3.05, 3.63) is 46.5 Å². The lowest BCUT2D eigenvalue weighted by Gasteiger charge is -2.45. The lowest BCUT2D eigenvalue weighted by molar-refractivity contribution is -0.0256. The van der Waals surface area contributed by atoms with Crippen LogP contribution in [0.5, 0.6) is 0 Å². The normalized spacial score (nSPS) is 29.5. The molecule has 12 nitrogen and oxygen atoms in total. The summed E-state index contributed by atoms with van der Waals surface area (Å²) in [6.07, 6.45) is 14.2. The van der Waals surface area contributed by atoms with Gasteiger partial charge in [-0.2, -0.15) is 0 Å². The fourth-order valence-corrected chi connectivity index (χ4v) is 9.47. The second-order valence-electron chi connectivity index (χ2n) is 15.8. The van der Waals surface area contributed by atoms with Crippen LogP contribution in [0.2, 0.25) is 10.6 Å². The first-order valence-corrected chi connectivity index (χ1v) is 20.8. The maximum absolute atomic E-state index is 12.4. The van der Waals surface area contributed by atoms with Crippen molar-refractivity contribution in [2.24, 2.45) is 11.8 Å². The van der Waals surface area contributed by atoms with Gasteiger partial charge in [-0.3, -0.25) is 14.7 Å². The lowest BCUT2D eigenvalue weighted by atomic mass is 9.90. The van der Waals surface area contributed by atoms with Crippen molar-refractivity contribution in [2.45, 2.75) is 101 Å². The Kier molecular flexibility index (Phi) is 14.4. The summed E-state index contributed by atoms with van der Waals surface area (Å²) < 4.78 is 16.6. The third-order valence-corrected chi connectivity index (χ3v) is 12.1. The number of rotatable bonds is 5. The summed E-state index contributed by atoms with van der Waals surface area (Å²) in [5.74, 6) is 1.62. The second-order valence-corrected chi connectivity index (χ2v) is 17.1. The van der Waals surface area contributed by atoms with E-state index in [1.54, 1.807) is 12.4 Å². The van der Waals surface area contributed by atoms with Gasteiger partial charge >= 0.3 is 6.09 Å². The van der Waals surface area contributed by atoms with Crippen LogP contribution in [0.1, 0.15) is 70.4 Å². The van der Waals surface area contributed by atoms with Crippen molar-refractivity contribution in [3.8, 4) is 0 Å². The molecule has 8 rings (SSSR count). The van der Waals surface area contributed by atoms with Gasteiger partial charge < -0.3 is 19.1 Å². The van der Waals surface area contributed by atoms with Gasteiger partial charge in [0, 0.05) is 106 Å². The average molecular weight is 827 g/mol. The highest BCUT2D eigenvalue weighted by Crippen LogP contribution is 2.41. The molecule has 288 valence electrons. The summed E-state index contributed by atoms with van der Waals surface area (Å²) in [5, 5.41) is 1.39. The van der Waals surface area contributed by atoms with E-state index in [-0.39, 0.29) is 6.09 Å². The summed E-state index contributed by atoms with van der Waals surface area (Å²) in [4.78, 5) is 38.0. The molecule has 0 N–H and O–H groups in total. The number of carbonyl (C=O) groups is 1. The minimum absolute atomic E-state index is 0.115. The third kappa shape index (κ3) is 11.0. The van der Waals surface area contributed by atoms with Gasteiger partial charge in [0.05, 0.1) is 26.4 Å². The molecule has 1 amide bonds. The number of nitrogens with zero attached hydrogens (tertiary/aromatic N) is 8. The number of morpholine rings is 2. The molecule has 4 bridgehead atoms. The molecule has 0 aromatic carbocycles. The third-order valence-electron chi connectivity index (χ3n) is 11.1. The van der Waals surface area contributed by atoms with Crippen LogP contribution in [0.15, 0.2) is 24.8 Å². The molecule has 7 heterocycles. The molecule has 5 aliphatic heterocycles. The Morgan fingerprint density at radius 3 is 1.73 bits per heavy atom. The fraction of sp³-hybridized carbons (Fsp3) is 0.757. The number of alkyl halides is 1. The van der Waals surface area contributed by atoms with Gasteiger partial charge in [-0.15, -0.1) is 0 Å². The number of hydrogen-bond donors (Lipinski definition) is 0. The van der Waals surface area contributed by atoms with E-state index in [2.05, 4.69) is 50.6 Å². The predicted octanol–water partition coefficient (Wildman–Crippen LogP) is 5.95. The quantitative estimate of drug-likeness (QED) is 0.264. The summed E-state index contributed by atoms with van der Waals surface area (Å²) >= 11 is 14.5. The highest BCUT2D eigenvalue weighted by molar-refractivity contribution is 9.08. The first kappa shape index (κ1) is 40.0. The Hall–Kier alpha value is -1.71. The summed E-state index contributed by atoms with van der Waals surface area (Å²) in [7, 11) is 0. The van der Waals surface area contributed by atoms with Crippen molar-refractivity contribution in [1.82, 2.24) is 39.5 Å². The van der Waals surface area contributed by atoms with E-state index in [1.165, 1.54) is 25.9 Å². The standard InChI is InChI=1S/C16H23ClN4O.C16H28N2O3.C5H4BrClN2/c17-16-18-7-12(8-19-16)9-20-10-13-1-2-14(11-20)15(13)21-3-5-22-6-4-21;1-16(2,3)21-15(19)18-12-4-5-13(18)11-14(10-12)17-6-8-20-9-7-17;6-1-4-2-8-5(7)9-3-4/h7-8,13-15H,1-6,9-11H2;12-14H,4-11H2,1-3H3;2-3H,1H2. The molecular weight excluding hydrogens is 771 g/mol. The first-order valence-electron chi connectivity index (χ1n) is 18.9. The van der Waals surface area contributed by atoms with Gasteiger partial charge in [0.25, 0.3) is 0 Å². The van der Waals surface area contributed by atoms with Gasteiger partial charge in [-0.25, -0.2) is 24.7 Å². The maximum atomic E-state index is 12.4. The Morgan fingerprint density at radius 2 is 1.25 bits per heavy atom. The SMILES string of the molecule is CC(C)(C)OC(=O)N1C2CCC1CC(N1CCOCC1)C2.Clc1ncc(CBr)cn1.Clc1ncc(CN2CC3CCC(C2)C3N2CCOCC2)cn1. The van der Waals surface area contributed by atoms with Crippen LogP contribution in [0.25, 0.3) is 0 Å². The smallest absolute Gasteiger partial charge is 0.410 e. The molecular formula is C37H55BrCl2N8O4. The number of ether oxygens (including phenoxy) is 3. The van der Waals surface area contributed by atoms with E-state index in [0.29, 0.717) is 28.7 Å². The Morgan fingerprint density at radius 1 is 0.769 bits per heavy atom. The summed E-state index contributed by atoms with van der Waals surface area (Å²) in [5.41, 5.74) is 1.78. The molecule has 2 aromatic rings. The van der Waals surface area contributed by atoms with Crippen molar-refractivity contribution in [1.29, 1.82) is 0 Å². The van der Waals surface area contributed by atoms with E-state index in [9.17, 15) is 4.79 Å². The average Bonchev–Trinajstić information content (AvgIpc) is 3.57. The Labute approximate surface area is 327 Å². The van der Waals surface area contributed by atoms with E-state index < -0.39 is 5.60 Å². The van der Waals surface area contributed by atoms with Crippen molar-refractivity contribution < 1.29 is 19.0 Å². The van der Waals surface area contributed by atoms with E-state index in [1.807, 2.05) is 38.1 Å². The number of likely N-dealkylation sites (tertiary alicyclic amines) is 1. The van der Waals surface area contributed by atoms with Crippen LogP contribution in [0.3, 0.4) is 0 Å². The molecule has 0 spiro atoms. The van der Waals surface area contributed by atoms with Crippen molar-refractivity contribution in [2.75, 3.05) is 65.7 Å². The Bertz CT molecular complexity index is 1380. The minimum atomic E-state index is -0.405. The molecule has 5 saturated heterocycles. The van der Waals surface area contributed by atoms with Gasteiger partial charge in [0.2, 0.25) is 10.6 Å². The van der Waals surface area contributed by atoms with E-state index in [0.717, 1.165) is 119 Å². The number of amides is 1.